The van der Waals surface area contributed by atoms with Crippen molar-refractivity contribution in [1.29, 1.82) is 0 Å². The van der Waals surface area contributed by atoms with E-state index in [9.17, 15) is 0 Å². The van der Waals surface area contributed by atoms with Crippen LogP contribution in [0.25, 0.3) is 38.8 Å². The van der Waals surface area contributed by atoms with Gasteiger partial charge in [-0.15, -0.1) is 53.6 Å². The van der Waals surface area contributed by atoms with E-state index in [1.165, 1.54) is 38.9 Å². The average Bonchev–Trinajstić information content (AvgIpc) is 4.00. The molecule has 1 aliphatic rings. The summed E-state index contributed by atoms with van der Waals surface area (Å²) in [7, 11) is 0. The van der Waals surface area contributed by atoms with E-state index in [0.29, 0.717) is 17.4 Å². The zero-order chi connectivity index (χ0) is 53.3. The normalized spacial score (nSPS) is 12.9. The molecule has 0 amide bonds. The van der Waals surface area contributed by atoms with Crippen molar-refractivity contribution in [2.45, 2.75) is 111 Å². The summed E-state index contributed by atoms with van der Waals surface area (Å²) >= 11 is 0. The molecule has 78 heavy (non-hydrogen) atoms. The standard InChI is InChI=1S/C71H69N4O.CH3.Pt/c1-47(2)59-27-19-20-28-60(59)48-37-55(44-58(38-48)76-57-32-33-62-61-29-21-22-30-63(61)75(65(62)45-57)67-43-52(35-36-72-67)69(6,7)8)74-46-73(64-34-31-51(42-66(64)74)68(3,4)5)56-40-53(70(9,10)49-23-15-13-16-24-49)39-54(41-56)71(11,12)50-25-17-14-18-26-50;;/h13-43,46-47H,1-12H3;1H3;/q-3;-1;+4. The number of rotatable bonds is 11. The second-order valence-corrected chi connectivity index (χ2v) is 24.1. The number of nitrogens with zero attached hydrogens (tertiary/aromatic N) is 4. The van der Waals surface area contributed by atoms with E-state index < -0.39 is 0 Å². The summed E-state index contributed by atoms with van der Waals surface area (Å²) in [6.07, 6.45) is 1.92. The van der Waals surface area contributed by atoms with E-state index >= 15 is 0 Å². The van der Waals surface area contributed by atoms with Crippen molar-refractivity contribution in [3.63, 3.8) is 0 Å². The van der Waals surface area contributed by atoms with Crippen LogP contribution in [0.2, 0.25) is 0 Å². The summed E-state index contributed by atoms with van der Waals surface area (Å²) < 4.78 is 9.30. The van der Waals surface area contributed by atoms with E-state index in [1.807, 2.05) is 12.3 Å². The summed E-state index contributed by atoms with van der Waals surface area (Å²) in [6.45, 7) is 29.7. The van der Waals surface area contributed by atoms with Gasteiger partial charge in [0.25, 0.3) is 0 Å². The number of aromatic nitrogens is 2. The monoisotopic (exact) mass is 1200 g/mol. The number of ether oxygens (including phenoxy) is 1. The second-order valence-electron chi connectivity index (χ2n) is 24.1. The van der Waals surface area contributed by atoms with Crippen LogP contribution in [0.5, 0.6) is 11.5 Å². The van der Waals surface area contributed by atoms with E-state index in [4.69, 9.17) is 9.72 Å². The first kappa shape index (κ1) is 55.5. The van der Waals surface area contributed by atoms with Crippen molar-refractivity contribution in [1.82, 2.24) is 9.55 Å². The predicted molar refractivity (Wildman–Crippen MR) is 325 cm³/mol. The fraction of sp³-hybridized carbons (Fsp3) is 0.236. The van der Waals surface area contributed by atoms with E-state index in [0.717, 1.165) is 61.5 Å². The molecule has 11 rings (SSSR count). The Balaban J connectivity index is 0.00000370. The zero-order valence-electron chi connectivity index (χ0n) is 47.6. The molecule has 10 aromatic rings. The van der Waals surface area contributed by atoms with Crippen LogP contribution in [0, 0.1) is 26.2 Å². The fourth-order valence-electron chi connectivity index (χ4n) is 11.0. The Morgan fingerprint density at radius 1 is 0.500 bits per heavy atom. The average molecular weight is 1200 g/mol. The fourth-order valence-corrected chi connectivity index (χ4v) is 11.0. The first-order chi connectivity index (χ1) is 36.3. The van der Waals surface area contributed by atoms with Gasteiger partial charge in [0.2, 0.25) is 0 Å². The summed E-state index contributed by atoms with van der Waals surface area (Å²) in [5.41, 5.74) is 16.3. The van der Waals surface area contributed by atoms with Crippen LogP contribution in [0.4, 0.5) is 22.7 Å². The number of anilines is 4. The van der Waals surface area contributed by atoms with Gasteiger partial charge in [0.15, 0.2) is 0 Å². The van der Waals surface area contributed by atoms with Crippen molar-refractivity contribution < 1.29 is 25.8 Å². The van der Waals surface area contributed by atoms with Gasteiger partial charge in [-0.3, -0.25) is 0 Å². The van der Waals surface area contributed by atoms with Crippen LogP contribution in [0.15, 0.2) is 188 Å². The predicted octanol–water partition coefficient (Wildman–Crippen LogP) is 19.5. The Labute approximate surface area is 479 Å². The van der Waals surface area contributed by atoms with Gasteiger partial charge in [-0.25, -0.2) is 4.98 Å². The molecule has 0 atom stereocenters. The van der Waals surface area contributed by atoms with Crippen LogP contribution in [0.3, 0.4) is 0 Å². The van der Waals surface area contributed by atoms with Crippen molar-refractivity contribution in [3.8, 4) is 28.4 Å². The molecule has 0 bridgehead atoms. The van der Waals surface area contributed by atoms with Gasteiger partial charge in [0, 0.05) is 51.1 Å². The van der Waals surface area contributed by atoms with Crippen LogP contribution in [-0.2, 0) is 42.7 Å². The maximum Gasteiger partial charge on any atom is 4.00 e. The Kier molecular flexibility index (Phi) is 15.1. The van der Waals surface area contributed by atoms with Gasteiger partial charge >= 0.3 is 21.1 Å². The number of para-hydroxylation sites is 1. The molecular formula is C72H72N4OPt. The molecule has 5 nitrogen and oxygen atoms in total. The molecule has 0 radical (unpaired) electrons. The van der Waals surface area contributed by atoms with Crippen LogP contribution in [-0.4, -0.2) is 9.55 Å². The number of benzene rings is 8. The first-order valence-electron chi connectivity index (χ1n) is 26.9. The van der Waals surface area contributed by atoms with Crippen molar-refractivity contribution in [3.05, 3.63) is 253 Å². The SMILES string of the molecule is CC(C)c1ccccc1-c1cc(Oc2[c-]c3c(cc2)c2ccccc2n3-c2cc(C(C)(C)C)ccn2)[c-]c(N2[CH-]N(c3cc(C(C)(C)c4ccccc4)cc(C(C)(C)c4ccccc4)c3)c3ccc(C(C)(C)C)cc32)c1.[CH3-].[Pt+4]. The summed E-state index contributed by atoms with van der Waals surface area (Å²) in [5.74, 6) is 2.33. The van der Waals surface area contributed by atoms with Crippen LogP contribution < -0.4 is 14.5 Å². The van der Waals surface area contributed by atoms with Gasteiger partial charge in [0.05, 0.1) is 0 Å². The van der Waals surface area contributed by atoms with Crippen molar-refractivity contribution in [2.75, 3.05) is 9.80 Å². The number of fused-ring (bicyclic) bond motifs is 4. The third-order valence-corrected chi connectivity index (χ3v) is 15.8. The van der Waals surface area contributed by atoms with Gasteiger partial charge in [0.1, 0.15) is 5.82 Å². The number of hydrogen-bond acceptors (Lipinski definition) is 4. The smallest absolute Gasteiger partial charge is 0.509 e. The molecule has 0 saturated carbocycles. The molecule has 8 aromatic carbocycles. The van der Waals surface area contributed by atoms with Crippen molar-refractivity contribution >= 4 is 44.6 Å². The topological polar surface area (TPSA) is 33.5 Å². The molecule has 0 N–H and O–H groups in total. The van der Waals surface area contributed by atoms with E-state index in [-0.39, 0.29) is 50.2 Å². The summed E-state index contributed by atoms with van der Waals surface area (Å²) in [5, 5.41) is 2.22. The van der Waals surface area contributed by atoms with Gasteiger partial charge in [-0.1, -0.05) is 204 Å². The van der Waals surface area contributed by atoms with E-state index in [2.05, 4.69) is 292 Å². The third kappa shape index (κ3) is 10.4. The van der Waals surface area contributed by atoms with Gasteiger partial charge in [-0.2, -0.15) is 6.07 Å². The Hall–Kier alpha value is -7.20. The Morgan fingerprint density at radius 2 is 1.10 bits per heavy atom. The van der Waals surface area contributed by atoms with Gasteiger partial charge in [-0.05, 0) is 109 Å². The minimum Gasteiger partial charge on any atom is -0.509 e. The molecule has 2 aromatic heterocycles. The van der Waals surface area contributed by atoms with Crippen molar-refractivity contribution in [2.24, 2.45) is 0 Å². The quantitative estimate of drug-likeness (QED) is 0.121. The van der Waals surface area contributed by atoms with Crippen LogP contribution in [0.1, 0.15) is 128 Å². The molecule has 0 unspecified atom stereocenters. The molecule has 3 heterocycles. The molecule has 0 spiro atoms. The van der Waals surface area contributed by atoms with Crippen LogP contribution >= 0.6 is 0 Å². The molecule has 0 fully saturated rings. The minimum atomic E-state index is -0.295. The maximum atomic E-state index is 7.08. The largest absolute Gasteiger partial charge is 4.00 e. The Bertz CT molecular complexity index is 3710. The van der Waals surface area contributed by atoms with Gasteiger partial charge < -0.3 is 26.5 Å². The molecule has 6 heteroatoms. The molecule has 1 aliphatic heterocycles. The summed E-state index contributed by atoms with van der Waals surface area (Å²) in [6, 6.07) is 73.7. The molecule has 396 valence electrons. The maximum absolute atomic E-state index is 7.08. The number of hydrogen-bond donors (Lipinski definition) is 0. The molecule has 0 aliphatic carbocycles. The first-order valence-corrected chi connectivity index (χ1v) is 26.9. The third-order valence-electron chi connectivity index (χ3n) is 15.8. The molecule has 0 saturated heterocycles. The second kappa shape index (κ2) is 21.2. The Morgan fingerprint density at radius 3 is 1.74 bits per heavy atom. The van der Waals surface area contributed by atoms with E-state index in [1.54, 1.807) is 0 Å². The zero-order valence-corrected chi connectivity index (χ0v) is 49.8. The summed E-state index contributed by atoms with van der Waals surface area (Å²) in [4.78, 5) is 9.64. The minimum absolute atomic E-state index is 0. The number of pyridine rings is 1. The molecular weight excluding hydrogens is 1130 g/mol.